The van der Waals surface area contributed by atoms with Gasteiger partial charge in [0.15, 0.2) is 0 Å². The second-order valence-corrected chi connectivity index (χ2v) is 4.13. The van der Waals surface area contributed by atoms with E-state index < -0.39 is 0 Å². The molecule has 0 aliphatic heterocycles. The van der Waals surface area contributed by atoms with Crippen LogP contribution in [0.2, 0.25) is 0 Å². The minimum absolute atomic E-state index is 1.04. The summed E-state index contributed by atoms with van der Waals surface area (Å²) in [5.74, 6) is 6.38. The van der Waals surface area contributed by atoms with Crippen LogP contribution in [0.1, 0.15) is 11.1 Å². The van der Waals surface area contributed by atoms with Crippen LogP contribution < -0.4 is 0 Å². The van der Waals surface area contributed by atoms with Crippen molar-refractivity contribution in [3.05, 3.63) is 75.9 Å². The summed E-state index contributed by atoms with van der Waals surface area (Å²) in [4.78, 5) is 0. The summed E-state index contributed by atoms with van der Waals surface area (Å²) in [5, 5.41) is 0. The van der Waals surface area contributed by atoms with Crippen LogP contribution in [0, 0.1) is 11.8 Å². The Balaban J connectivity index is 2.27. The largest absolute Gasteiger partial charge is 0.0622 e. The molecule has 0 bridgehead atoms. The highest BCUT2D eigenvalue weighted by molar-refractivity contribution is 14.1. The zero-order valence-corrected chi connectivity index (χ0v) is 11.4. The first-order chi connectivity index (χ1) is 8.40. The summed E-state index contributed by atoms with van der Waals surface area (Å²) >= 11 is 2.23. The van der Waals surface area contributed by atoms with E-state index in [1.807, 2.05) is 52.6 Å². The Bertz CT molecular complexity index is 557. The number of rotatable bonds is 1. The molecule has 0 aliphatic carbocycles. The van der Waals surface area contributed by atoms with Gasteiger partial charge in [-0.1, -0.05) is 83.0 Å². The predicted octanol–water partition coefficient (Wildman–Crippen LogP) is 4.51. The lowest BCUT2D eigenvalue weighted by molar-refractivity contribution is 1.63. The molecule has 1 heteroatoms. The zero-order chi connectivity index (χ0) is 11.9. The van der Waals surface area contributed by atoms with Gasteiger partial charge in [0.2, 0.25) is 0 Å². The summed E-state index contributed by atoms with van der Waals surface area (Å²) in [6, 6.07) is 20.2. The molecule has 2 rings (SSSR count). The van der Waals surface area contributed by atoms with E-state index in [-0.39, 0.29) is 0 Å². The highest BCUT2D eigenvalue weighted by Crippen LogP contribution is 2.15. The van der Waals surface area contributed by atoms with Gasteiger partial charge in [0.1, 0.15) is 0 Å². The fourth-order valence-electron chi connectivity index (χ4n) is 1.44. The topological polar surface area (TPSA) is 0 Å². The van der Waals surface area contributed by atoms with Crippen molar-refractivity contribution in [1.29, 1.82) is 0 Å². The van der Waals surface area contributed by atoms with E-state index in [1.54, 1.807) is 0 Å². The Morgan fingerprint density at radius 3 is 2.06 bits per heavy atom. The molecule has 2 aromatic carbocycles. The van der Waals surface area contributed by atoms with Crippen molar-refractivity contribution in [1.82, 2.24) is 0 Å². The molecule has 0 saturated carbocycles. The lowest BCUT2D eigenvalue weighted by Crippen LogP contribution is -1.79. The molecular formula is C16H11I. The molecule has 0 spiro atoms. The van der Waals surface area contributed by atoms with E-state index in [4.69, 9.17) is 0 Å². The van der Waals surface area contributed by atoms with Crippen LogP contribution in [-0.4, -0.2) is 0 Å². The lowest BCUT2D eigenvalue weighted by atomic mass is 10.1. The summed E-state index contributed by atoms with van der Waals surface area (Å²) in [6.07, 6.45) is 0. The maximum Gasteiger partial charge on any atom is 0.0382 e. The van der Waals surface area contributed by atoms with E-state index >= 15 is 0 Å². The second-order valence-electron chi connectivity index (χ2n) is 3.50. The van der Waals surface area contributed by atoms with Crippen molar-refractivity contribution in [3.8, 4) is 11.8 Å². The Labute approximate surface area is 116 Å². The van der Waals surface area contributed by atoms with E-state index in [0.717, 1.165) is 16.7 Å². The molecule has 0 radical (unpaired) electrons. The standard InChI is InChI=1S/C16H11I/c17-13-16(15-9-5-2-6-10-15)12-11-14-7-3-1-4-8-14/h1-10,13H/b16-13+. The molecular weight excluding hydrogens is 319 g/mol. The van der Waals surface area contributed by atoms with Crippen molar-refractivity contribution in [2.75, 3.05) is 0 Å². The monoisotopic (exact) mass is 330 g/mol. The predicted molar refractivity (Wildman–Crippen MR) is 81.8 cm³/mol. The third kappa shape index (κ3) is 3.47. The fourth-order valence-corrected chi connectivity index (χ4v) is 1.96. The van der Waals surface area contributed by atoms with Gasteiger partial charge in [0.25, 0.3) is 0 Å². The average Bonchev–Trinajstić information content (AvgIpc) is 2.42. The van der Waals surface area contributed by atoms with Gasteiger partial charge in [0, 0.05) is 11.1 Å². The Kier molecular flexibility index (Phi) is 4.40. The first kappa shape index (κ1) is 11.9. The summed E-state index contributed by atoms with van der Waals surface area (Å²) in [7, 11) is 0. The summed E-state index contributed by atoms with van der Waals surface area (Å²) in [6.45, 7) is 0. The van der Waals surface area contributed by atoms with Gasteiger partial charge in [-0.3, -0.25) is 0 Å². The van der Waals surface area contributed by atoms with Gasteiger partial charge >= 0.3 is 0 Å². The molecule has 0 amide bonds. The molecule has 17 heavy (non-hydrogen) atoms. The fraction of sp³-hybridized carbons (Fsp3) is 0. The summed E-state index contributed by atoms with van der Waals surface area (Å²) < 4.78 is 2.02. The molecule has 0 fully saturated rings. The van der Waals surface area contributed by atoms with Gasteiger partial charge in [0.05, 0.1) is 0 Å². The van der Waals surface area contributed by atoms with Gasteiger partial charge in [-0.2, -0.15) is 0 Å². The van der Waals surface area contributed by atoms with Crippen molar-refractivity contribution in [3.63, 3.8) is 0 Å². The number of hydrogen-bond acceptors (Lipinski definition) is 0. The Morgan fingerprint density at radius 1 is 0.882 bits per heavy atom. The van der Waals surface area contributed by atoms with Crippen LogP contribution in [0.3, 0.4) is 0 Å². The lowest BCUT2D eigenvalue weighted by Gasteiger charge is -1.97. The maximum atomic E-state index is 3.21. The van der Waals surface area contributed by atoms with Gasteiger partial charge in [-0.15, -0.1) is 0 Å². The van der Waals surface area contributed by atoms with Crippen LogP contribution in [0.4, 0.5) is 0 Å². The molecule has 0 aromatic heterocycles. The van der Waals surface area contributed by atoms with Gasteiger partial charge in [-0.05, 0) is 21.8 Å². The first-order valence-corrected chi connectivity index (χ1v) is 6.57. The Morgan fingerprint density at radius 2 is 1.47 bits per heavy atom. The number of halogens is 1. The Hall–Kier alpha value is -1.53. The van der Waals surface area contributed by atoms with Crippen LogP contribution in [0.5, 0.6) is 0 Å². The molecule has 2 aromatic rings. The third-order valence-electron chi connectivity index (χ3n) is 2.31. The summed E-state index contributed by atoms with van der Waals surface area (Å²) in [5.41, 5.74) is 3.25. The smallest absolute Gasteiger partial charge is 0.0382 e. The van der Waals surface area contributed by atoms with Crippen molar-refractivity contribution in [2.45, 2.75) is 0 Å². The van der Waals surface area contributed by atoms with Crippen molar-refractivity contribution < 1.29 is 0 Å². The van der Waals surface area contributed by atoms with Gasteiger partial charge < -0.3 is 0 Å². The van der Waals surface area contributed by atoms with Crippen LogP contribution in [0.25, 0.3) is 5.57 Å². The molecule has 0 atom stereocenters. The quantitative estimate of drug-likeness (QED) is 0.533. The van der Waals surface area contributed by atoms with Gasteiger partial charge in [-0.25, -0.2) is 0 Å². The minimum Gasteiger partial charge on any atom is -0.0622 e. The number of hydrogen-bond donors (Lipinski definition) is 0. The third-order valence-corrected chi connectivity index (χ3v) is 2.93. The van der Waals surface area contributed by atoms with Crippen molar-refractivity contribution >= 4 is 28.2 Å². The number of benzene rings is 2. The van der Waals surface area contributed by atoms with Crippen LogP contribution in [0.15, 0.2) is 64.7 Å². The van der Waals surface area contributed by atoms with Crippen LogP contribution >= 0.6 is 22.6 Å². The molecule has 82 valence electrons. The molecule has 0 nitrogen and oxygen atoms in total. The van der Waals surface area contributed by atoms with Crippen LogP contribution in [-0.2, 0) is 0 Å². The normalized spacial score (nSPS) is 10.5. The molecule has 0 aliphatic rings. The van der Waals surface area contributed by atoms with E-state index in [9.17, 15) is 0 Å². The SMILES string of the molecule is I/C=C(\C#Cc1ccccc1)c1ccccc1. The van der Waals surface area contributed by atoms with E-state index in [0.29, 0.717) is 0 Å². The molecule has 0 unspecified atom stereocenters. The second kappa shape index (κ2) is 6.27. The highest BCUT2D eigenvalue weighted by Gasteiger charge is 1.95. The molecule has 0 N–H and O–H groups in total. The molecule has 0 heterocycles. The van der Waals surface area contributed by atoms with E-state index in [2.05, 4.69) is 46.6 Å². The van der Waals surface area contributed by atoms with E-state index in [1.165, 1.54) is 0 Å². The molecule has 0 saturated heterocycles. The first-order valence-electron chi connectivity index (χ1n) is 5.33. The number of allylic oxidation sites excluding steroid dienone is 1. The average molecular weight is 330 g/mol. The highest BCUT2D eigenvalue weighted by atomic mass is 127. The minimum atomic E-state index is 1.04. The maximum absolute atomic E-state index is 3.21. The zero-order valence-electron chi connectivity index (χ0n) is 9.23. The van der Waals surface area contributed by atoms with Crippen molar-refractivity contribution in [2.24, 2.45) is 0 Å².